The molecule has 1 aliphatic rings. The first-order valence-electron chi connectivity index (χ1n) is 6.24. The van der Waals surface area contributed by atoms with Gasteiger partial charge in [-0.1, -0.05) is 36.9 Å². The first kappa shape index (κ1) is 13.1. The van der Waals surface area contributed by atoms with Crippen LogP contribution in [0.5, 0.6) is 5.75 Å². The summed E-state index contributed by atoms with van der Waals surface area (Å²) in [7, 11) is 0. The fourth-order valence-electron chi connectivity index (χ4n) is 2.35. The summed E-state index contributed by atoms with van der Waals surface area (Å²) in [5.41, 5.74) is -0.130. The van der Waals surface area contributed by atoms with E-state index in [0.29, 0.717) is 12.5 Å². The summed E-state index contributed by atoms with van der Waals surface area (Å²) < 4.78 is 5.59. The lowest BCUT2D eigenvalue weighted by Crippen LogP contribution is -2.15. The number of halogens is 1. The summed E-state index contributed by atoms with van der Waals surface area (Å²) in [6.07, 6.45) is 6.04. The van der Waals surface area contributed by atoms with Gasteiger partial charge in [0.05, 0.1) is 11.5 Å². The third-order valence-electron chi connectivity index (χ3n) is 3.33. The van der Waals surface area contributed by atoms with Crippen LogP contribution >= 0.6 is 11.6 Å². The molecule has 98 valence electrons. The molecule has 2 rings (SSSR count). The minimum Gasteiger partial charge on any atom is -0.486 e. The van der Waals surface area contributed by atoms with Crippen LogP contribution in [-0.4, -0.2) is 11.5 Å². The Hall–Kier alpha value is -1.29. The van der Waals surface area contributed by atoms with Crippen LogP contribution in [0.3, 0.4) is 0 Å². The van der Waals surface area contributed by atoms with Crippen molar-refractivity contribution in [3.05, 3.63) is 33.3 Å². The Morgan fingerprint density at radius 2 is 2.06 bits per heavy atom. The summed E-state index contributed by atoms with van der Waals surface area (Å²) in [6, 6.07) is 4.78. The molecule has 1 fully saturated rings. The highest BCUT2D eigenvalue weighted by molar-refractivity contribution is 6.32. The Morgan fingerprint density at radius 3 is 2.72 bits per heavy atom. The molecule has 1 aromatic carbocycles. The van der Waals surface area contributed by atoms with E-state index in [4.69, 9.17) is 16.3 Å². The summed E-state index contributed by atoms with van der Waals surface area (Å²) in [6.45, 7) is 0.543. The van der Waals surface area contributed by atoms with Crippen molar-refractivity contribution in [2.24, 2.45) is 5.92 Å². The van der Waals surface area contributed by atoms with E-state index < -0.39 is 4.92 Å². The SMILES string of the molecule is O=[N+]([O-])c1c(Cl)cccc1OCC1CCCCC1. The van der Waals surface area contributed by atoms with E-state index >= 15 is 0 Å². The number of nitro benzene ring substituents is 1. The first-order chi connectivity index (χ1) is 8.68. The van der Waals surface area contributed by atoms with Gasteiger partial charge >= 0.3 is 5.69 Å². The Labute approximate surface area is 111 Å². The standard InChI is InChI=1S/C13H16ClNO3/c14-11-7-4-8-12(13(11)15(16)17)18-9-10-5-2-1-3-6-10/h4,7-8,10H,1-3,5-6,9H2. The largest absolute Gasteiger partial charge is 0.486 e. The molecule has 1 aromatic rings. The van der Waals surface area contributed by atoms with Crippen LogP contribution in [0.1, 0.15) is 32.1 Å². The van der Waals surface area contributed by atoms with Gasteiger partial charge in [-0.15, -0.1) is 0 Å². The molecule has 0 aromatic heterocycles. The number of rotatable bonds is 4. The highest BCUT2D eigenvalue weighted by Crippen LogP contribution is 2.35. The van der Waals surface area contributed by atoms with Crippen LogP contribution in [-0.2, 0) is 0 Å². The molecule has 0 unspecified atom stereocenters. The summed E-state index contributed by atoms with van der Waals surface area (Å²) >= 11 is 5.82. The molecule has 1 aliphatic carbocycles. The lowest BCUT2D eigenvalue weighted by Gasteiger charge is -2.21. The van der Waals surface area contributed by atoms with Crippen molar-refractivity contribution >= 4 is 17.3 Å². The van der Waals surface area contributed by atoms with E-state index in [-0.39, 0.29) is 16.5 Å². The lowest BCUT2D eigenvalue weighted by atomic mass is 9.90. The zero-order chi connectivity index (χ0) is 13.0. The van der Waals surface area contributed by atoms with Crippen LogP contribution in [0.15, 0.2) is 18.2 Å². The normalized spacial score (nSPS) is 16.5. The Bertz CT molecular complexity index is 430. The van der Waals surface area contributed by atoms with E-state index in [1.54, 1.807) is 12.1 Å². The van der Waals surface area contributed by atoms with Crippen molar-refractivity contribution in [1.29, 1.82) is 0 Å². The van der Waals surface area contributed by atoms with Crippen molar-refractivity contribution in [3.8, 4) is 5.75 Å². The van der Waals surface area contributed by atoms with Crippen LogP contribution in [0.2, 0.25) is 5.02 Å². The minimum absolute atomic E-state index is 0.126. The number of nitrogens with zero attached hydrogens (tertiary/aromatic N) is 1. The molecule has 0 heterocycles. The molecule has 0 bridgehead atoms. The molecular weight excluding hydrogens is 254 g/mol. The van der Waals surface area contributed by atoms with Gasteiger partial charge in [0.1, 0.15) is 5.02 Å². The van der Waals surface area contributed by atoms with Gasteiger partial charge in [0.25, 0.3) is 0 Å². The van der Waals surface area contributed by atoms with Gasteiger partial charge in [0, 0.05) is 0 Å². The maximum Gasteiger partial charge on any atom is 0.329 e. The topological polar surface area (TPSA) is 52.4 Å². The van der Waals surface area contributed by atoms with E-state index in [2.05, 4.69) is 0 Å². The average molecular weight is 270 g/mol. The highest BCUT2D eigenvalue weighted by atomic mass is 35.5. The van der Waals surface area contributed by atoms with Gasteiger partial charge in [0.2, 0.25) is 0 Å². The smallest absolute Gasteiger partial charge is 0.329 e. The number of hydrogen-bond donors (Lipinski definition) is 0. The predicted octanol–water partition coefficient (Wildman–Crippen LogP) is 4.21. The minimum atomic E-state index is -0.488. The van der Waals surface area contributed by atoms with Gasteiger partial charge in [0.15, 0.2) is 5.75 Å². The molecule has 18 heavy (non-hydrogen) atoms. The summed E-state index contributed by atoms with van der Waals surface area (Å²) in [5, 5.41) is 11.1. The second kappa shape index (κ2) is 6.05. The molecule has 1 saturated carbocycles. The third-order valence-corrected chi connectivity index (χ3v) is 3.64. The van der Waals surface area contributed by atoms with E-state index in [0.717, 1.165) is 12.8 Å². The second-order valence-corrected chi connectivity index (χ2v) is 5.07. The van der Waals surface area contributed by atoms with Gasteiger partial charge in [-0.3, -0.25) is 10.1 Å². The number of para-hydroxylation sites is 1. The quantitative estimate of drug-likeness (QED) is 0.608. The predicted molar refractivity (Wildman–Crippen MR) is 70.2 cm³/mol. The van der Waals surface area contributed by atoms with Gasteiger partial charge < -0.3 is 4.74 Å². The van der Waals surface area contributed by atoms with Crippen molar-refractivity contribution < 1.29 is 9.66 Å². The van der Waals surface area contributed by atoms with E-state index in [1.165, 1.54) is 25.3 Å². The zero-order valence-electron chi connectivity index (χ0n) is 10.1. The van der Waals surface area contributed by atoms with Crippen LogP contribution in [0, 0.1) is 16.0 Å². The number of hydrogen-bond acceptors (Lipinski definition) is 3. The maximum atomic E-state index is 10.9. The van der Waals surface area contributed by atoms with E-state index in [1.807, 2.05) is 0 Å². The fourth-order valence-corrected chi connectivity index (χ4v) is 2.59. The highest BCUT2D eigenvalue weighted by Gasteiger charge is 2.21. The molecule has 0 spiro atoms. The molecule has 0 atom stereocenters. The molecule has 0 saturated heterocycles. The number of benzene rings is 1. The molecule has 0 N–H and O–H groups in total. The van der Waals surface area contributed by atoms with Crippen molar-refractivity contribution in [3.63, 3.8) is 0 Å². The lowest BCUT2D eigenvalue weighted by molar-refractivity contribution is -0.385. The van der Waals surface area contributed by atoms with Crippen LogP contribution in [0.4, 0.5) is 5.69 Å². The molecule has 5 heteroatoms. The van der Waals surface area contributed by atoms with Crippen molar-refractivity contribution in [2.45, 2.75) is 32.1 Å². The molecule has 0 aliphatic heterocycles. The van der Waals surface area contributed by atoms with Crippen molar-refractivity contribution in [1.82, 2.24) is 0 Å². The average Bonchev–Trinajstić information content (AvgIpc) is 2.37. The van der Waals surface area contributed by atoms with Gasteiger partial charge in [-0.2, -0.15) is 0 Å². The number of nitro groups is 1. The second-order valence-electron chi connectivity index (χ2n) is 4.66. The zero-order valence-corrected chi connectivity index (χ0v) is 10.9. The van der Waals surface area contributed by atoms with Gasteiger partial charge in [-0.25, -0.2) is 0 Å². The Kier molecular flexibility index (Phi) is 4.42. The molecule has 0 amide bonds. The Morgan fingerprint density at radius 1 is 1.33 bits per heavy atom. The molecular formula is C13H16ClNO3. The van der Waals surface area contributed by atoms with Gasteiger partial charge in [-0.05, 0) is 30.9 Å². The molecule has 4 nitrogen and oxygen atoms in total. The van der Waals surface area contributed by atoms with E-state index in [9.17, 15) is 10.1 Å². The first-order valence-corrected chi connectivity index (χ1v) is 6.62. The monoisotopic (exact) mass is 269 g/mol. The number of ether oxygens (including phenoxy) is 1. The third kappa shape index (κ3) is 3.13. The van der Waals surface area contributed by atoms with Crippen LogP contribution < -0.4 is 4.74 Å². The van der Waals surface area contributed by atoms with Crippen molar-refractivity contribution in [2.75, 3.05) is 6.61 Å². The summed E-state index contributed by atoms with van der Waals surface area (Å²) in [5.74, 6) is 0.787. The fraction of sp³-hybridized carbons (Fsp3) is 0.538. The maximum absolute atomic E-state index is 10.9. The summed E-state index contributed by atoms with van der Waals surface area (Å²) in [4.78, 5) is 10.4. The Balaban J connectivity index is 2.04. The molecule has 0 radical (unpaired) electrons. The van der Waals surface area contributed by atoms with Crippen LogP contribution in [0.25, 0.3) is 0 Å².